The van der Waals surface area contributed by atoms with Crippen molar-refractivity contribution in [2.75, 3.05) is 7.05 Å². The number of aromatic nitrogens is 2. The summed E-state index contributed by atoms with van der Waals surface area (Å²) < 4.78 is 14.3. The summed E-state index contributed by atoms with van der Waals surface area (Å²) in [5, 5.41) is 4.21. The zero-order chi connectivity index (χ0) is 18.7. The number of carbonyl (C=O) groups excluding carboxylic acids is 1. The monoisotopic (exact) mass is 351 g/mol. The van der Waals surface area contributed by atoms with Gasteiger partial charge in [0.2, 0.25) is 0 Å². The molecular formula is C20H18FN3O2. The SMILES string of the molecule is CC(c1ccc(F)cc1)N(C)C(=O)c1ccc(=O)n(-c2ccccc2)n1. The molecule has 2 aromatic carbocycles. The van der Waals surface area contributed by atoms with Crippen LogP contribution in [0.25, 0.3) is 5.69 Å². The first kappa shape index (κ1) is 17.5. The Balaban J connectivity index is 1.90. The largest absolute Gasteiger partial charge is 0.334 e. The van der Waals surface area contributed by atoms with Gasteiger partial charge >= 0.3 is 0 Å². The third-order valence-corrected chi connectivity index (χ3v) is 4.27. The van der Waals surface area contributed by atoms with Gasteiger partial charge in [-0.1, -0.05) is 30.3 Å². The summed E-state index contributed by atoms with van der Waals surface area (Å²) >= 11 is 0. The van der Waals surface area contributed by atoms with Crippen LogP contribution in [0.2, 0.25) is 0 Å². The van der Waals surface area contributed by atoms with E-state index in [1.165, 1.54) is 33.8 Å². The molecule has 132 valence electrons. The van der Waals surface area contributed by atoms with Crippen molar-refractivity contribution < 1.29 is 9.18 Å². The van der Waals surface area contributed by atoms with E-state index in [0.29, 0.717) is 5.69 Å². The van der Waals surface area contributed by atoms with Gasteiger partial charge in [0.15, 0.2) is 0 Å². The lowest BCUT2D eigenvalue weighted by Crippen LogP contribution is -2.32. The van der Waals surface area contributed by atoms with E-state index in [9.17, 15) is 14.0 Å². The molecule has 0 spiro atoms. The number of hydrogen-bond donors (Lipinski definition) is 0. The van der Waals surface area contributed by atoms with Crippen LogP contribution in [0.1, 0.15) is 29.0 Å². The van der Waals surface area contributed by atoms with Crippen LogP contribution >= 0.6 is 0 Å². The Morgan fingerprint density at radius 3 is 2.35 bits per heavy atom. The van der Waals surface area contributed by atoms with Gasteiger partial charge < -0.3 is 4.90 Å². The molecule has 3 rings (SSSR count). The molecule has 1 aromatic heterocycles. The summed E-state index contributed by atoms with van der Waals surface area (Å²) in [5.41, 5.74) is 1.23. The lowest BCUT2D eigenvalue weighted by Gasteiger charge is -2.25. The molecule has 1 heterocycles. The average molecular weight is 351 g/mol. The highest BCUT2D eigenvalue weighted by atomic mass is 19.1. The van der Waals surface area contributed by atoms with E-state index in [-0.39, 0.29) is 29.0 Å². The van der Waals surface area contributed by atoms with Gasteiger partial charge in [0.1, 0.15) is 11.5 Å². The zero-order valence-corrected chi connectivity index (χ0v) is 14.5. The van der Waals surface area contributed by atoms with Crippen molar-refractivity contribution >= 4 is 5.91 Å². The van der Waals surface area contributed by atoms with Gasteiger partial charge in [-0.05, 0) is 42.8 Å². The van der Waals surface area contributed by atoms with E-state index in [1.807, 2.05) is 13.0 Å². The van der Waals surface area contributed by atoms with Gasteiger partial charge in [0.25, 0.3) is 11.5 Å². The molecule has 5 nitrogen and oxygen atoms in total. The predicted molar refractivity (Wildman–Crippen MR) is 96.7 cm³/mol. The van der Waals surface area contributed by atoms with Gasteiger partial charge in [0, 0.05) is 13.1 Å². The maximum Gasteiger partial charge on any atom is 0.274 e. The van der Waals surface area contributed by atoms with Gasteiger partial charge in [0.05, 0.1) is 11.7 Å². The number of para-hydroxylation sites is 1. The number of amides is 1. The normalized spacial score (nSPS) is 11.8. The molecular weight excluding hydrogens is 333 g/mol. The third kappa shape index (κ3) is 3.54. The Hall–Kier alpha value is -3.28. The molecule has 0 aliphatic carbocycles. The van der Waals surface area contributed by atoms with Crippen LogP contribution < -0.4 is 5.56 Å². The van der Waals surface area contributed by atoms with Crippen molar-refractivity contribution in [2.45, 2.75) is 13.0 Å². The molecule has 0 bridgehead atoms. The first-order valence-corrected chi connectivity index (χ1v) is 8.16. The van der Waals surface area contributed by atoms with Crippen molar-refractivity contribution in [3.63, 3.8) is 0 Å². The topological polar surface area (TPSA) is 55.2 Å². The van der Waals surface area contributed by atoms with Gasteiger partial charge in [-0.3, -0.25) is 9.59 Å². The van der Waals surface area contributed by atoms with Crippen molar-refractivity contribution in [1.29, 1.82) is 0 Å². The standard InChI is InChI=1S/C20H18FN3O2/c1-14(15-8-10-16(21)11-9-15)23(2)20(26)18-12-13-19(25)24(22-18)17-6-4-3-5-7-17/h3-14H,1-2H3. The smallest absolute Gasteiger partial charge is 0.274 e. The Kier molecular flexibility index (Phi) is 4.93. The van der Waals surface area contributed by atoms with Crippen LogP contribution in [0.5, 0.6) is 0 Å². The second kappa shape index (κ2) is 7.31. The van der Waals surface area contributed by atoms with E-state index in [4.69, 9.17) is 0 Å². The molecule has 0 saturated heterocycles. The predicted octanol–water partition coefficient (Wildman–Crippen LogP) is 3.20. The van der Waals surface area contributed by atoms with E-state index in [0.717, 1.165) is 5.56 Å². The van der Waals surface area contributed by atoms with Crippen molar-refractivity contribution in [3.8, 4) is 5.69 Å². The minimum absolute atomic E-state index is 0.157. The minimum Gasteiger partial charge on any atom is -0.334 e. The third-order valence-electron chi connectivity index (χ3n) is 4.27. The summed E-state index contributed by atoms with van der Waals surface area (Å²) in [6, 6.07) is 17.4. The maximum absolute atomic E-state index is 13.1. The number of halogens is 1. The first-order chi connectivity index (χ1) is 12.5. The fraction of sp³-hybridized carbons (Fsp3) is 0.150. The number of hydrogen-bond acceptors (Lipinski definition) is 3. The van der Waals surface area contributed by atoms with Crippen molar-refractivity contribution in [2.24, 2.45) is 0 Å². The molecule has 0 aliphatic heterocycles. The lowest BCUT2D eigenvalue weighted by molar-refractivity contribution is 0.0734. The molecule has 0 saturated carbocycles. The Bertz CT molecular complexity index is 968. The fourth-order valence-electron chi connectivity index (χ4n) is 2.60. The van der Waals surface area contributed by atoms with Crippen LogP contribution in [0, 0.1) is 5.82 Å². The summed E-state index contributed by atoms with van der Waals surface area (Å²) in [4.78, 5) is 26.4. The molecule has 0 radical (unpaired) electrons. The van der Waals surface area contributed by atoms with Gasteiger partial charge in [-0.2, -0.15) is 9.78 Å². The number of benzene rings is 2. The number of nitrogens with zero attached hydrogens (tertiary/aromatic N) is 3. The molecule has 26 heavy (non-hydrogen) atoms. The van der Waals surface area contributed by atoms with Crippen LogP contribution in [-0.2, 0) is 0 Å². The molecule has 0 fully saturated rings. The Morgan fingerprint density at radius 1 is 1.04 bits per heavy atom. The van der Waals surface area contributed by atoms with Gasteiger partial charge in [-0.25, -0.2) is 4.39 Å². The molecule has 1 atom stereocenters. The van der Waals surface area contributed by atoms with Crippen LogP contribution in [0.4, 0.5) is 4.39 Å². The molecule has 0 aliphatic rings. The van der Waals surface area contributed by atoms with E-state index < -0.39 is 0 Å². The maximum atomic E-state index is 13.1. The quantitative estimate of drug-likeness (QED) is 0.725. The highest BCUT2D eigenvalue weighted by Crippen LogP contribution is 2.20. The van der Waals surface area contributed by atoms with E-state index in [2.05, 4.69) is 5.10 Å². The van der Waals surface area contributed by atoms with E-state index >= 15 is 0 Å². The first-order valence-electron chi connectivity index (χ1n) is 8.16. The highest BCUT2D eigenvalue weighted by Gasteiger charge is 2.21. The van der Waals surface area contributed by atoms with Crippen LogP contribution in [-0.4, -0.2) is 27.6 Å². The summed E-state index contributed by atoms with van der Waals surface area (Å²) in [5.74, 6) is -0.655. The average Bonchev–Trinajstić information content (AvgIpc) is 2.68. The Morgan fingerprint density at radius 2 is 1.69 bits per heavy atom. The van der Waals surface area contributed by atoms with E-state index in [1.54, 1.807) is 43.4 Å². The highest BCUT2D eigenvalue weighted by molar-refractivity contribution is 5.92. The fourth-order valence-corrected chi connectivity index (χ4v) is 2.60. The van der Waals surface area contributed by atoms with Crippen molar-refractivity contribution in [1.82, 2.24) is 14.7 Å². The molecule has 0 N–H and O–H groups in total. The second-order valence-electron chi connectivity index (χ2n) is 5.95. The molecule has 6 heteroatoms. The summed E-state index contributed by atoms with van der Waals surface area (Å²) in [7, 11) is 1.65. The molecule has 1 unspecified atom stereocenters. The summed E-state index contributed by atoms with van der Waals surface area (Å²) in [6.45, 7) is 1.85. The molecule has 1 amide bonds. The van der Waals surface area contributed by atoms with Crippen molar-refractivity contribution in [3.05, 3.63) is 94.2 Å². The molecule has 3 aromatic rings. The van der Waals surface area contributed by atoms with Crippen LogP contribution in [0.15, 0.2) is 71.5 Å². The minimum atomic E-state index is -0.327. The number of carbonyl (C=O) groups is 1. The zero-order valence-electron chi connectivity index (χ0n) is 14.5. The lowest BCUT2D eigenvalue weighted by atomic mass is 10.1. The summed E-state index contributed by atoms with van der Waals surface area (Å²) in [6.07, 6.45) is 0. The second-order valence-corrected chi connectivity index (χ2v) is 5.95. The van der Waals surface area contributed by atoms with Crippen LogP contribution in [0.3, 0.4) is 0 Å². The Labute approximate surface area is 150 Å². The van der Waals surface area contributed by atoms with Gasteiger partial charge in [-0.15, -0.1) is 0 Å². The number of rotatable bonds is 4.